The second-order valence-corrected chi connectivity index (χ2v) is 4.69. The zero-order valence-corrected chi connectivity index (χ0v) is 11.7. The van der Waals surface area contributed by atoms with Crippen LogP contribution in [0.1, 0.15) is 41.4 Å². The fourth-order valence-corrected chi connectivity index (χ4v) is 1.92. The summed E-state index contributed by atoms with van der Waals surface area (Å²) in [5, 5.41) is 9.20. The van der Waals surface area contributed by atoms with E-state index in [1.165, 1.54) is 17.7 Å². The van der Waals surface area contributed by atoms with Gasteiger partial charge in [0.2, 0.25) is 0 Å². The van der Waals surface area contributed by atoms with E-state index in [4.69, 9.17) is 4.74 Å². The van der Waals surface area contributed by atoms with Crippen molar-refractivity contribution in [1.82, 2.24) is 0 Å². The predicted octanol–water partition coefficient (Wildman–Crippen LogP) is 3.87. The Morgan fingerprint density at radius 3 is 2.25 bits per heavy atom. The molecule has 20 heavy (non-hydrogen) atoms. The third-order valence-corrected chi connectivity index (χ3v) is 3.24. The topological polar surface area (TPSA) is 46.5 Å². The van der Waals surface area contributed by atoms with E-state index < -0.39 is 5.97 Å². The number of hydrogen-bond acceptors (Lipinski definition) is 3. The number of hydrogen-bond donors (Lipinski definition) is 1. The van der Waals surface area contributed by atoms with Gasteiger partial charge in [0.25, 0.3) is 0 Å². The molecule has 0 heterocycles. The zero-order chi connectivity index (χ0) is 14.5. The van der Waals surface area contributed by atoms with E-state index in [9.17, 15) is 9.90 Å². The number of carbonyl (C=O) groups is 1. The zero-order valence-electron chi connectivity index (χ0n) is 11.7. The Morgan fingerprint density at radius 2 is 1.70 bits per heavy atom. The molecule has 2 aromatic carbocycles. The van der Waals surface area contributed by atoms with Gasteiger partial charge in [0.05, 0.1) is 5.56 Å². The first-order chi connectivity index (χ1) is 9.60. The monoisotopic (exact) mass is 270 g/mol. The lowest BCUT2D eigenvalue weighted by molar-refractivity contribution is 0.0338. The molecule has 3 nitrogen and oxygen atoms in total. The number of esters is 1. The number of carbonyl (C=O) groups excluding carboxylic acids is 1. The molecule has 0 aliphatic heterocycles. The van der Waals surface area contributed by atoms with E-state index >= 15 is 0 Å². The summed E-state index contributed by atoms with van der Waals surface area (Å²) in [6.07, 6.45) is 0.685. The van der Waals surface area contributed by atoms with E-state index in [1.54, 1.807) is 12.1 Å². The third kappa shape index (κ3) is 3.38. The van der Waals surface area contributed by atoms with Gasteiger partial charge in [0, 0.05) is 0 Å². The molecule has 0 radical (unpaired) electrons. The van der Waals surface area contributed by atoms with Crippen LogP contribution in [0.4, 0.5) is 0 Å². The van der Waals surface area contributed by atoms with Crippen molar-refractivity contribution >= 4 is 5.97 Å². The quantitative estimate of drug-likeness (QED) is 0.858. The first-order valence-corrected chi connectivity index (χ1v) is 6.69. The lowest BCUT2D eigenvalue weighted by atomic mass is 10.1. The van der Waals surface area contributed by atoms with E-state index in [-0.39, 0.29) is 11.9 Å². The molecule has 0 fully saturated rings. The van der Waals surface area contributed by atoms with Crippen LogP contribution < -0.4 is 0 Å². The maximum atomic E-state index is 12.0. The molecule has 0 aliphatic carbocycles. The average molecular weight is 270 g/mol. The van der Waals surface area contributed by atoms with Crippen LogP contribution in [0, 0.1) is 0 Å². The van der Waals surface area contributed by atoms with Gasteiger partial charge < -0.3 is 9.84 Å². The Hall–Kier alpha value is -2.29. The molecule has 0 saturated heterocycles. The van der Waals surface area contributed by atoms with Crippen LogP contribution in [0.25, 0.3) is 0 Å². The molecule has 0 amide bonds. The number of aryl methyl sites for hydroxylation is 1. The molecule has 2 aromatic rings. The van der Waals surface area contributed by atoms with Crippen LogP contribution in [0.2, 0.25) is 0 Å². The van der Waals surface area contributed by atoms with Crippen LogP contribution in [0.15, 0.2) is 48.5 Å². The smallest absolute Gasteiger partial charge is 0.338 e. The summed E-state index contributed by atoms with van der Waals surface area (Å²) in [7, 11) is 0. The van der Waals surface area contributed by atoms with Gasteiger partial charge >= 0.3 is 5.97 Å². The largest absolute Gasteiger partial charge is 0.508 e. The summed E-state index contributed by atoms with van der Waals surface area (Å²) in [5.41, 5.74) is 2.65. The van der Waals surface area contributed by atoms with Crippen molar-refractivity contribution in [2.45, 2.75) is 26.4 Å². The van der Waals surface area contributed by atoms with E-state index in [0.29, 0.717) is 5.56 Å². The van der Waals surface area contributed by atoms with Crippen molar-refractivity contribution in [3.63, 3.8) is 0 Å². The number of phenols is 1. The van der Waals surface area contributed by atoms with Crippen molar-refractivity contribution < 1.29 is 14.6 Å². The van der Waals surface area contributed by atoms with Gasteiger partial charge in [-0.2, -0.15) is 0 Å². The Balaban J connectivity index is 2.04. The summed E-state index contributed by atoms with van der Waals surface area (Å²) in [6.45, 7) is 3.95. The number of rotatable bonds is 4. The molecule has 0 spiro atoms. The highest BCUT2D eigenvalue weighted by Gasteiger charge is 2.13. The third-order valence-electron chi connectivity index (χ3n) is 3.24. The number of phenolic OH excluding ortho intramolecular Hbond substituents is 1. The summed E-state index contributed by atoms with van der Waals surface area (Å²) >= 11 is 0. The Morgan fingerprint density at radius 1 is 1.10 bits per heavy atom. The van der Waals surface area contributed by atoms with Gasteiger partial charge in [-0.1, -0.05) is 31.2 Å². The highest BCUT2D eigenvalue weighted by molar-refractivity contribution is 5.89. The normalized spacial score (nSPS) is 11.9. The summed E-state index contributed by atoms with van der Waals surface area (Å²) in [4.78, 5) is 12.0. The lowest BCUT2D eigenvalue weighted by Crippen LogP contribution is -2.09. The van der Waals surface area contributed by atoms with E-state index in [0.717, 1.165) is 12.0 Å². The maximum absolute atomic E-state index is 12.0. The van der Waals surface area contributed by atoms with Gasteiger partial charge in [-0.3, -0.25) is 0 Å². The highest BCUT2D eigenvalue weighted by Crippen LogP contribution is 2.20. The first-order valence-electron chi connectivity index (χ1n) is 6.69. The molecule has 0 saturated carbocycles. The van der Waals surface area contributed by atoms with Gasteiger partial charge in [0.15, 0.2) is 0 Å². The minimum Gasteiger partial charge on any atom is -0.508 e. The van der Waals surface area contributed by atoms with Crippen LogP contribution in [0.5, 0.6) is 5.75 Å². The second-order valence-electron chi connectivity index (χ2n) is 4.69. The fraction of sp³-hybridized carbons (Fsp3) is 0.235. The van der Waals surface area contributed by atoms with Crippen LogP contribution in [0.3, 0.4) is 0 Å². The molecule has 1 N–H and O–H groups in total. The summed E-state index contributed by atoms with van der Waals surface area (Å²) in [6, 6.07) is 14.1. The minimum absolute atomic E-state index is 0.129. The lowest BCUT2D eigenvalue weighted by Gasteiger charge is -2.14. The highest BCUT2D eigenvalue weighted by atomic mass is 16.5. The van der Waals surface area contributed by atoms with Gasteiger partial charge in [-0.05, 0) is 48.7 Å². The molecular formula is C17H18O3. The molecular weight excluding hydrogens is 252 g/mol. The molecule has 1 atom stereocenters. The minimum atomic E-state index is -0.392. The Labute approximate surface area is 118 Å². The fourth-order valence-electron chi connectivity index (χ4n) is 1.92. The van der Waals surface area contributed by atoms with E-state index in [2.05, 4.69) is 6.92 Å². The number of ether oxygens (including phenoxy) is 1. The molecule has 104 valence electrons. The number of benzene rings is 2. The average Bonchev–Trinajstić information content (AvgIpc) is 2.48. The molecule has 0 aliphatic rings. The van der Waals surface area contributed by atoms with Crippen molar-refractivity contribution in [3.05, 3.63) is 65.2 Å². The van der Waals surface area contributed by atoms with Crippen molar-refractivity contribution in [1.29, 1.82) is 0 Å². The number of aromatic hydroxyl groups is 1. The van der Waals surface area contributed by atoms with Crippen LogP contribution in [-0.4, -0.2) is 11.1 Å². The molecule has 0 bridgehead atoms. The standard InChI is InChI=1S/C17H18O3/c1-3-13-4-6-14(7-5-13)12(2)20-17(19)15-8-10-16(18)11-9-15/h4-12,18H,3H2,1-2H3. The van der Waals surface area contributed by atoms with Crippen LogP contribution >= 0.6 is 0 Å². The van der Waals surface area contributed by atoms with Crippen molar-refractivity contribution in [2.75, 3.05) is 0 Å². The predicted molar refractivity (Wildman–Crippen MR) is 77.8 cm³/mol. The molecule has 1 unspecified atom stereocenters. The summed E-state index contributed by atoms with van der Waals surface area (Å²) in [5.74, 6) is -0.262. The maximum Gasteiger partial charge on any atom is 0.338 e. The van der Waals surface area contributed by atoms with Crippen molar-refractivity contribution in [3.8, 4) is 5.75 Å². The molecule has 2 rings (SSSR count). The van der Waals surface area contributed by atoms with Crippen LogP contribution in [-0.2, 0) is 11.2 Å². The van der Waals surface area contributed by atoms with Gasteiger partial charge in [0.1, 0.15) is 11.9 Å². The molecule has 3 heteroatoms. The Bertz CT molecular complexity index is 570. The summed E-state index contributed by atoms with van der Waals surface area (Å²) < 4.78 is 5.42. The first kappa shape index (κ1) is 14.1. The van der Waals surface area contributed by atoms with Gasteiger partial charge in [-0.25, -0.2) is 4.79 Å². The Kier molecular flexibility index (Phi) is 4.41. The SMILES string of the molecule is CCc1ccc(C(C)OC(=O)c2ccc(O)cc2)cc1. The van der Waals surface area contributed by atoms with Gasteiger partial charge in [-0.15, -0.1) is 0 Å². The second kappa shape index (κ2) is 6.24. The van der Waals surface area contributed by atoms with Crippen molar-refractivity contribution in [2.24, 2.45) is 0 Å². The van der Waals surface area contributed by atoms with E-state index in [1.807, 2.05) is 31.2 Å². The molecule has 0 aromatic heterocycles.